The van der Waals surface area contributed by atoms with Crippen molar-refractivity contribution in [1.29, 1.82) is 0 Å². The molecule has 0 saturated heterocycles. The quantitative estimate of drug-likeness (QED) is 0.664. The number of carbonyl (C=O) groups excluding carboxylic acids is 3. The first-order chi connectivity index (χ1) is 13.3. The van der Waals surface area contributed by atoms with E-state index in [-0.39, 0.29) is 17.7 Å². The largest absolute Gasteiger partial charge is 0.326 e. The van der Waals surface area contributed by atoms with Crippen LogP contribution in [0.1, 0.15) is 66.3 Å². The van der Waals surface area contributed by atoms with Crippen molar-refractivity contribution in [1.82, 2.24) is 10.9 Å². The lowest BCUT2D eigenvalue weighted by atomic mass is 10.0. The van der Waals surface area contributed by atoms with E-state index in [1.807, 2.05) is 26.0 Å². The van der Waals surface area contributed by atoms with Crippen molar-refractivity contribution in [2.45, 2.75) is 40.0 Å². The van der Waals surface area contributed by atoms with Crippen LogP contribution in [0.2, 0.25) is 0 Å². The molecule has 0 radical (unpaired) electrons. The standard InChI is InChI=1S/C22H27N3O3/c1-14(2)13-20(26)23-19-11-9-18(10-12-19)22(28)25-24-21(27)17-7-5-16(6-8-17)15(3)4/h5-12,14-15H,13H2,1-4H3,(H,23,26)(H,24,27)(H,25,28). The summed E-state index contributed by atoms with van der Waals surface area (Å²) >= 11 is 0. The van der Waals surface area contributed by atoms with Gasteiger partial charge < -0.3 is 5.32 Å². The highest BCUT2D eigenvalue weighted by molar-refractivity contribution is 5.99. The Morgan fingerprint density at radius 3 is 1.64 bits per heavy atom. The maximum absolute atomic E-state index is 12.2. The van der Waals surface area contributed by atoms with E-state index in [0.29, 0.717) is 29.2 Å². The molecule has 6 nitrogen and oxygen atoms in total. The Hall–Kier alpha value is -3.15. The third kappa shape index (κ3) is 6.23. The van der Waals surface area contributed by atoms with Crippen molar-refractivity contribution in [3.05, 3.63) is 65.2 Å². The van der Waals surface area contributed by atoms with Gasteiger partial charge in [0.15, 0.2) is 0 Å². The van der Waals surface area contributed by atoms with Crippen molar-refractivity contribution in [3.63, 3.8) is 0 Å². The minimum Gasteiger partial charge on any atom is -0.326 e. The summed E-state index contributed by atoms with van der Waals surface area (Å²) in [6.45, 7) is 8.10. The highest BCUT2D eigenvalue weighted by Crippen LogP contribution is 2.14. The van der Waals surface area contributed by atoms with Crippen LogP contribution in [0.25, 0.3) is 0 Å². The topological polar surface area (TPSA) is 87.3 Å². The van der Waals surface area contributed by atoms with Crippen LogP contribution in [0.4, 0.5) is 5.69 Å². The van der Waals surface area contributed by atoms with Gasteiger partial charge in [-0.15, -0.1) is 0 Å². The van der Waals surface area contributed by atoms with Crippen molar-refractivity contribution in [2.24, 2.45) is 5.92 Å². The van der Waals surface area contributed by atoms with Crippen LogP contribution in [-0.4, -0.2) is 17.7 Å². The Morgan fingerprint density at radius 2 is 1.21 bits per heavy atom. The Labute approximate surface area is 165 Å². The van der Waals surface area contributed by atoms with Gasteiger partial charge in [0.05, 0.1) is 0 Å². The second-order valence-electron chi connectivity index (χ2n) is 7.41. The van der Waals surface area contributed by atoms with Gasteiger partial charge in [0.2, 0.25) is 5.91 Å². The van der Waals surface area contributed by atoms with Gasteiger partial charge in [0.1, 0.15) is 0 Å². The number of hydrazine groups is 1. The molecule has 0 aliphatic rings. The molecule has 0 aliphatic carbocycles. The third-order valence-corrected chi connectivity index (χ3v) is 4.15. The molecule has 0 aromatic heterocycles. The molecule has 0 saturated carbocycles. The lowest BCUT2D eigenvalue weighted by Crippen LogP contribution is -2.41. The monoisotopic (exact) mass is 381 g/mol. The molecule has 148 valence electrons. The van der Waals surface area contributed by atoms with Crippen LogP contribution in [-0.2, 0) is 4.79 Å². The van der Waals surface area contributed by atoms with Crippen LogP contribution in [0, 0.1) is 5.92 Å². The summed E-state index contributed by atoms with van der Waals surface area (Å²) in [4.78, 5) is 36.1. The molecular formula is C22H27N3O3. The molecule has 2 aromatic carbocycles. The number of amides is 3. The van der Waals surface area contributed by atoms with Crippen LogP contribution in [0.3, 0.4) is 0 Å². The number of hydrogen-bond donors (Lipinski definition) is 3. The molecule has 0 spiro atoms. The summed E-state index contributed by atoms with van der Waals surface area (Å²) < 4.78 is 0. The second-order valence-corrected chi connectivity index (χ2v) is 7.41. The fourth-order valence-electron chi connectivity index (χ4n) is 2.57. The van der Waals surface area contributed by atoms with Crippen LogP contribution < -0.4 is 16.2 Å². The van der Waals surface area contributed by atoms with Gasteiger partial charge in [0.25, 0.3) is 11.8 Å². The molecule has 3 N–H and O–H groups in total. The van der Waals surface area contributed by atoms with Crippen molar-refractivity contribution in [3.8, 4) is 0 Å². The molecule has 3 amide bonds. The van der Waals surface area contributed by atoms with Crippen LogP contribution in [0.5, 0.6) is 0 Å². The molecule has 0 unspecified atom stereocenters. The Balaban J connectivity index is 1.88. The van der Waals surface area contributed by atoms with Gasteiger partial charge in [-0.25, -0.2) is 0 Å². The molecular weight excluding hydrogens is 354 g/mol. The van der Waals surface area contributed by atoms with Gasteiger partial charge in [-0.2, -0.15) is 0 Å². The van der Waals surface area contributed by atoms with E-state index in [2.05, 4.69) is 30.0 Å². The summed E-state index contributed by atoms with van der Waals surface area (Å²) in [5.41, 5.74) is 7.40. The number of nitrogens with one attached hydrogen (secondary N) is 3. The first-order valence-electron chi connectivity index (χ1n) is 9.36. The molecule has 2 aromatic rings. The van der Waals surface area contributed by atoms with Gasteiger partial charge in [0, 0.05) is 23.2 Å². The van der Waals surface area contributed by atoms with E-state index in [1.54, 1.807) is 36.4 Å². The van der Waals surface area contributed by atoms with Gasteiger partial charge in [-0.3, -0.25) is 25.2 Å². The summed E-state index contributed by atoms with van der Waals surface area (Å²) in [5.74, 6) is -0.235. The summed E-state index contributed by atoms with van der Waals surface area (Å²) in [6, 6.07) is 13.7. The first-order valence-corrected chi connectivity index (χ1v) is 9.36. The van der Waals surface area contributed by atoms with Gasteiger partial charge in [-0.05, 0) is 53.8 Å². The van der Waals surface area contributed by atoms with E-state index in [0.717, 1.165) is 5.56 Å². The smallest absolute Gasteiger partial charge is 0.269 e. The van der Waals surface area contributed by atoms with Crippen molar-refractivity contribution in [2.75, 3.05) is 5.32 Å². The average molecular weight is 381 g/mol. The summed E-state index contributed by atoms with van der Waals surface area (Å²) in [5, 5.41) is 2.78. The predicted molar refractivity (Wildman–Crippen MR) is 110 cm³/mol. The lowest BCUT2D eigenvalue weighted by molar-refractivity contribution is -0.116. The molecule has 0 fully saturated rings. The minimum atomic E-state index is -0.438. The molecule has 6 heteroatoms. The number of benzene rings is 2. The highest BCUT2D eigenvalue weighted by atomic mass is 16.2. The molecule has 0 atom stereocenters. The second kappa shape index (κ2) is 9.69. The molecule has 0 aliphatic heterocycles. The Bertz CT molecular complexity index is 825. The SMILES string of the molecule is CC(C)CC(=O)Nc1ccc(C(=O)NNC(=O)c2ccc(C(C)C)cc2)cc1. The van der Waals surface area contributed by atoms with E-state index < -0.39 is 5.91 Å². The van der Waals surface area contributed by atoms with E-state index in [4.69, 9.17) is 0 Å². The summed E-state index contributed by atoms with van der Waals surface area (Å²) in [7, 11) is 0. The zero-order valence-corrected chi connectivity index (χ0v) is 16.7. The summed E-state index contributed by atoms with van der Waals surface area (Å²) in [6.07, 6.45) is 0.437. The molecule has 28 heavy (non-hydrogen) atoms. The fourth-order valence-corrected chi connectivity index (χ4v) is 2.57. The lowest BCUT2D eigenvalue weighted by Gasteiger charge is -2.10. The highest BCUT2D eigenvalue weighted by Gasteiger charge is 2.10. The zero-order valence-electron chi connectivity index (χ0n) is 16.7. The van der Waals surface area contributed by atoms with Gasteiger partial charge >= 0.3 is 0 Å². The van der Waals surface area contributed by atoms with Crippen molar-refractivity contribution < 1.29 is 14.4 Å². The average Bonchev–Trinajstić information content (AvgIpc) is 2.65. The van der Waals surface area contributed by atoms with Crippen LogP contribution in [0.15, 0.2) is 48.5 Å². The Kier molecular flexibility index (Phi) is 7.32. The maximum atomic E-state index is 12.2. The minimum absolute atomic E-state index is 0.0667. The number of hydrogen-bond acceptors (Lipinski definition) is 3. The fraction of sp³-hybridized carbons (Fsp3) is 0.318. The molecule has 0 bridgehead atoms. The Morgan fingerprint density at radius 1 is 0.750 bits per heavy atom. The maximum Gasteiger partial charge on any atom is 0.269 e. The normalized spacial score (nSPS) is 10.6. The van der Waals surface area contributed by atoms with E-state index in [1.165, 1.54) is 0 Å². The number of anilines is 1. The van der Waals surface area contributed by atoms with E-state index >= 15 is 0 Å². The first kappa shape index (κ1) is 21.2. The molecule has 2 rings (SSSR count). The van der Waals surface area contributed by atoms with Crippen molar-refractivity contribution >= 4 is 23.4 Å². The third-order valence-electron chi connectivity index (χ3n) is 4.15. The number of rotatable bonds is 6. The molecule has 0 heterocycles. The van der Waals surface area contributed by atoms with Crippen LogP contribution >= 0.6 is 0 Å². The zero-order chi connectivity index (χ0) is 20.7. The van der Waals surface area contributed by atoms with Gasteiger partial charge in [-0.1, -0.05) is 39.8 Å². The van der Waals surface area contributed by atoms with E-state index in [9.17, 15) is 14.4 Å². The number of carbonyl (C=O) groups is 3. The predicted octanol–water partition coefficient (Wildman–Crippen LogP) is 3.87.